The average molecular weight is 439 g/mol. The number of piperidine rings is 1. The monoisotopic (exact) mass is 438 g/mol. The highest BCUT2D eigenvalue weighted by Crippen LogP contribution is 2.34. The number of carbonyl (C=O) groups excluding carboxylic acids is 1. The van der Waals surface area contributed by atoms with Gasteiger partial charge in [-0.2, -0.15) is 5.10 Å². The number of likely N-dealkylation sites (tertiary alicyclic amines) is 1. The molecule has 162 valence electrons. The summed E-state index contributed by atoms with van der Waals surface area (Å²) in [4.78, 5) is 26.2. The van der Waals surface area contributed by atoms with Crippen molar-refractivity contribution in [1.29, 1.82) is 0 Å². The third-order valence-corrected chi connectivity index (χ3v) is 5.83. The summed E-state index contributed by atoms with van der Waals surface area (Å²) in [7, 11) is 3.87. The molecule has 1 aliphatic heterocycles. The number of aromatic nitrogens is 4. The minimum absolute atomic E-state index is 0.0859. The topological polar surface area (TPSA) is 67.2 Å². The van der Waals surface area contributed by atoms with Gasteiger partial charge in [0.2, 0.25) is 11.9 Å². The molecule has 1 fully saturated rings. The molecule has 2 aromatic heterocycles. The quantitative estimate of drug-likeness (QED) is 0.606. The van der Waals surface area contributed by atoms with Gasteiger partial charge >= 0.3 is 0 Å². The van der Waals surface area contributed by atoms with Gasteiger partial charge in [-0.15, -0.1) is 0 Å². The zero-order chi connectivity index (χ0) is 22.0. The van der Waals surface area contributed by atoms with Gasteiger partial charge in [0.25, 0.3) is 0 Å². The van der Waals surface area contributed by atoms with Crippen LogP contribution in [0.4, 0.5) is 5.95 Å². The van der Waals surface area contributed by atoms with Crippen molar-refractivity contribution in [3.8, 4) is 11.1 Å². The molecule has 0 saturated carbocycles. The molecule has 31 heavy (non-hydrogen) atoms. The third kappa shape index (κ3) is 4.88. The Morgan fingerprint density at radius 1 is 1.23 bits per heavy atom. The highest BCUT2D eigenvalue weighted by atomic mass is 35.5. The fourth-order valence-electron chi connectivity index (χ4n) is 3.98. The minimum Gasteiger partial charge on any atom is -0.347 e. The molecule has 1 amide bonds. The van der Waals surface area contributed by atoms with Crippen molar-refractivity contribution in [3.63, 3.8) is 0 Å². The van der Waals surface area contributed by atoms with Gasteiger partial charge in [-0.1, -0.05) is 23.7 Å². The molecule has 4 rings (SSSR count). The van der Waals surface area contributed by atoms with Crippen LogP contribution in [0.5, 0.6) is 0 Å². The molecule has 0 bridgehead atoms. The van der Waals surface area contributed by atoms with Crippen molar-refractivity contribution in [1.82, 2.24) is 24.6 Å². The molecule has 8 heteroatoms. The van der Waals surface area contributed by atoms with Crippen LogP contribution in [0.3, 0.4) is 0 Å². The van der Waals surface area contributed by atoms with Gasteiger partial charge in [0, 0.05) is 56.1 Å². The number of halogens is 1. The average Bonchev–Trinajstić information content (AvgIpc) is 3.18. The minimum atomic E-state index is 0.0859. The zero-order valence-corrected chi connectivity index (χ0v) is 18.9. The molecule has 1 aromatic carbocycles. The van der Waals surface area contributed by atoms with E-state index in [9.17, 15) is 4.79 Å². The molecule has 1 aliphatic rings. The van der Waals surface area contributed by atoms with Crippen LogP contribution in [0.25, 0.3) is 11.1 Å². The predicted molar refractivity (Wildman–Crippen MR) is 122 cm³/mol. The molecule has 1 atom stereocenters. The SMILES string of the molecule is Cc1cnn(CC(=O)N2CCC[C@H](c3nc(N(C)C)ncc3-c3ccc(Cl)cc3)C2)c1. The maximum Gasteiger partial charge on any atom is 0.244 e. The summed E-state index contributed by atoms with van der Waals surface area (Å²) in [6.07, 6.45) is 7.47. The molecular formula is C23H27ClN6O. The molecule has 0 aliphatic carbocycles. The molecule has 0 radical (unpaired) electrons. The Hall–Kier alpha value is -2.93. The first-order valence-electron chi connectivity index (χ1n) is 10.5. The first kappa shape index (κ1) is 21.3. The summed E-state index contributed by atoms with van der Waals surface area (Å²) in [6, 6.07) is 7.74. The highest BCUT2D eigenvalue weighted by Gasteiger charge is 2.28. The maximum atomic E-state index is 12.9. The molecule has 7 nitrogen and oxygen atoms in total. The number of hydrogen-bond acceptors (Lipinski definition) is 5. The molecule has 0 spiro atoms. The number of nitrogens with zero attached hydrogens (tertiary/aromatic N) is 6. The van der Waals surface area contributed by atoms with E-state index in [4.69, 9.17) is 16.6 Å². The van der Waals surface area contributed by atoms with Crippen molar-refractivity contribution in [3.05, 3.63) is 59.1 Å². The molecular weight excluding hydrogens is 412 g/mol. The first-order chi connectivity index (χ1) is 14.9. The number of benzene rings is 1. The molecule has 3 aromatic rings. The fourth-order valence-corrected chi connectivity index (χ4v) is 4.11. The van der Waals surface area contributed by atoms with Crippen molar-refractivity contribution in [2.45, 2.75) is 32.2 Å². The molecule has 1 saturated heterocycles. The van der Waals surface area contributed by atoms with E-state index in [0.29, 0.717) is 17.5 Å². The van der Waals surface area contributed by atoms with E-state index in [-0.39, 0.29) is 18.4 Å². The summed E-state index contributed by atoms with van der Waals surface area (Å²) in [5, 5.41) is 4.95. The van der Waals surface area contributed by atoms with Gasteiger partial charge in [-0.05, 0) is 43.0 Å². The second-order valence-electron chi connectivity index (χ2n) is 8.26. The number of anilines is 1. The van der Waals surface area contributed by atoms with Crippen LogP contribution in [0, 0.1) is 6.92 Å². The number of carbonyl (C=O) groups is 1. The lowest BCUT2D eigenvalue weighted by Crippen LogP contribution is -2.41. The highest BCUT2D eigenvalue weighted by molar-refractivity contribution is 6.30. The Kier molecular flexibility index (Phi) is 6.23. The Morgan fingerprint density at radius 3 is 2.68 bits per heavy atom. The number of amides is 1. The van der Waals surface area contributed by atoms with Gasteiger partial charge < -0.3 is 9.80 Å². The normalized spacial score (nSPS) is 16.4. The second-order valence-corrected chi connectivity index (χ2v) is 8.70. The van der Waals surface area contributed by atoms with Gasteiger partial charge in [-0.3, -0.25) is 9.48 Å². The Labute approximate surface area is 187 Å². The lowest BCUT2D eigenvalue weighted by Gasteiger charge is -2.33. The molecule has 0 unspecified atom stereocenters. The summed E-state index contributed by atoms with van der Waals surface area (Å²) in [5.41, 5.74) is 4.05. The third-order valence-electron chi connectivity index (χ3n) is 5.58. The van der Waals surface area contributed by atoms with Crippen LogP contribution in [0.1, 0.15) is 30.0 Å². The van der Waals surface area contributed by atoms with Crippen LogP contribution in [-0.2, 0) is 11.3 Å². The first-order valence-corrected chi connectivity index (χ1v) is 10.9. The Balaban J connectivity index is 1.61. The summed E-state index contributed by atoms with van der Waals surface area (Å²) < 4.78 is 1.70. The summed E-state index contributed by atoms with van der Waals surface area (Å²) in [5.74, 6) is 0.898. The van der Waals surface area contributed by atoms with Crippen molar-refractivity contribution in [2.75, 3.05) is 32.1 Å². The van der Waals surface area contributed by atoms with Crippen LogP contribution in [0.15, 0.2) is 42.9 Å². The number of aryl methyl sites for hydroxylation is 1. The second kappa shape index (κ2) is 9.06. The van der Waals surface area contributed by atoms with Gasteiger partial charge in [-0.25, -0.2) is 9.97 Å². The largest absolute Gasteiger partial charge is 0.347 e. The van der Waals surface area contributed by atoms with E-state index in [1.54, 1.807) is 10.9 Å². The maximum absolute atomic E-state index is 12.9. The van der Waals surface area contributed by atoms with Gasteiger partial charge in [0.05, 0.1) is 11.9 Å². The lowest BCUT2D eigenvalue weighted by molar-refractivity contribution is -0.133. The Morgan fingerprint density at radius 2 is 2.00 bits per heavy atom. The molecule has 0 N–H and O–H groups in total. The van der Waals surface area contributed by atoms with E-state index in [1.807, 2.05) is 67.5 Å². The zero-order valence-electron chi connectivity index (χ0n) is 18.1. The Bertz CT molecular complexity index is 1060. The van der Waals surface area contributed by atoms with Crippen LogP contribution in [-0.4, -0.2) is 57.7 Å². The van der Waals surface area contributed by atoms with Crippen LogP contribution < -0.4 is 4.90 Å². The van der Waals surface area contributed by atoms with Crippen molar-refractivity contribution in [2.24, 2.45) is 0 Å². The van der Waals surface area contributed by atoms with Crippen molar-refractivity contribution >= 4 is 23.5 Å². The van der Waals surface area contributed by atoms with E-state index in [1.165, 1.54) is 0 Å². The standard InChI is InChI=1S/C23H27ClN6O/c1-16-11-26-30(13-16)15-21(31)29-10-4-5-18(14-29)22-20(12-25-23(27-22)28(2)3)17-6-8-19(24)9-7-17/h6-9,11-13,18H,4-5,10,14-15H2,1-3H3/t18-/m0/s1. The van der Waals surface area contributed by atoms with Gasteiger partial charge in [0.1, 0.15) is 6.54 Å². The summed E-state index contributed by atoms with van der Waals surface area (Å²) in [6.45, 7) is 3.64. The van der Waals surface area contributed by atoms with Crippen LogP contribution in [0.2, 0.25) is 5.02 Å². The smallest absolute Gasteiger partial charge is 0.244 e. The summed E-state index contributed by atoms with van der Waals surface area (Å²) >= 11 is 6.09. The van der Waals surface area contributed by atoms with Gasteiger partial charge in [0.15, 0.2) is 0 Å². The van der Waals surface area contributed by atoms with E-state index in [0.717, 1.165) is 41.8 Å². The lowest BCUT2D eigenvalue weighted by atomic mass is 9.90. The van der Waals surface area contributed by atoms with Crippen LogP contribution >= 0.6 is 11.6 Å². The predicted octanol–water partition coefficient (Wildman–Crippen LogP) is 3.77. The number of hydrogen-bond donors (Lipinski definition) is 0. The van der Waals surface area contributed by atoms with Crippen molar-refractivity contribution < 1.29 is 4.79 Å². The van der Waals surface area contributed by atoms with E-state index < -0.39 is 0 Å². The fraction of sp³-hybridized carbons (Fsp3) is 0.391. The number of rotatable bonds is 5. The van der Waals surface area contributed by atoms with E-state index >= 15 is 0 Å². The van der Waals surface area contributed by atoms with E-state index in [2.05, 4.69) is 10.1 Å². The molecule has 3 heterocycles.